The molecule has 1 aromatic carbocycles. The number of Topliss-reactive ketones (excluding diaryl/α,β-unsaturated/α-hetero) is 1. The molecule has 1 heterocycles. The minimum atomic E-state index is -0.489. The molecule has 1 aromatic rings. The maximum atomic E-state index is 12.2. The smallest absolute Gasteiger partial charge is 0.306 e. The van der Waals surface area contributed by atoms with Crippen molar-refractivity contribution in [3.05, 3.63) is 23.8 Å². The molecule has 96 valence electrons. The molecule has 0 spiro atoms. The number of fused-ring (bicyclic) bond motifs is 1. The molecule has 0 unspecified atom stereocenters. The zero-order valence-electron chi connectivity index (χ0n) is 10.3. The third-order valence-corrected chi connectivity index (χ3v) is 2.90. The molecule has 2 rings (SSSR count). The number of methoxy groups -OCH3 is 2. The van der Waals surface area contributed by atoms with Crippen molar-refractivity contribution in [1.82, 2.24) is 0 Å². The number of ketones is 1. The number of hydrogen-bond acceptors (Lipinski definition) is 5. The molecule has 0 fully saturated rings. The molecular weight excluding hydrogens is 236 g/mol. The molecule has 18 heavy (non-hydrogen) atoms. The molecule has 0 saturated heterocycles. The van der Waals surface area contributed by atoms with Gasteiger partial charge in [-0.15, -0.1) is 0 Å². The van der Waals surface area contributed by atoms with Crippen LogP contribution in [0.5, 0.6) is 11.5 Å². The molecule has 1 atom stereocenters. The monoisotopic (exact) mass is 250 g/mol. The molecule has 0 amide bonds. The number of esters is 1. The number of carbonyl (C=O) groups is 2. The van der Waals surface area contributed by atoms with Crippen molar-refractivity contribution in [3.63, 3.8) is 0 Å². The second kappa shape index (κ2) is 5.08. The van der Waals surface area contributed by atoms with Crippen LogP contribution in [0.2, 0.25) is 0 Å². The fourth-order valence-electron chi connectivity index (χ4n) is 1.88. The highest BCUT2D eigenvalue weighted by Gasteiger charge is 2.31. The molecule has 1 aliphatic heterocycles. The van der Waals surface area contributed by atoms with Crippen LogP contribution in [0.3, 0.4) is 0 Å². The molecular formula is C13H14O5. The summed E-state index contributed by atoms with van der Waals surface area (Å²) >= 11 is 0. The average Bonchev–Trinajstić information content (AvgIpc) is 2.41. The Morgan fingerprint density at radius 1 is 1.44 bits per heavy atom. The van der Waals surface area contributed by atoms with E-state index in [1.54, 1.807) is 18.2 Å². The molecule has 5 heteroatoms. The van der Waals surface area contributed by atoms with Gasteiger partial charge in [-0.3, -0.25) is 9.59 Å². The van der Waals surface area contributed by atoms with Gasteiger partial charge < -0.3 is 14.2 Å². The normalized spacial score (nSPS) is 17.7. The zero-order valence-corrected chi connectivity index (χ0v) is 10.3. The van der Waals surface area contributed by atoms with Crippen molar-refractivity contribution in [3.8, 4) is 11.5 Å². The van der Waals surface area contributed by atoms with Crippen molar-refractivity contribution in [1.29, 1.82) is 0 Å². The zero-order chi connectivity index (χ0) is 13.1. The number of hydrogen-bond donors (Lipinski definition) is 0. The van der Waals surface area contributed by atoms with Gasteiger partial charge in [0.15, 0.2) is 5.78 Å². The van der Waals surface area contributed by atoms with Crippen molar-refractivity contribution >= 4 is 11.8 Å². The summed E-state index contributed by atoms with van der Waals surface area (Å²) < 4.78 is 15.1. The molecule has 1 aliphatic rings. The van der Waals surface area contributed by atoms with E-state index in [0.717, 1.165) is 0 Å². The van der Waals surface area contributed by atoms with Gasteiger partial charge in [0, 0.05) is 0 Å². The number of ether oxygens (including phenoxy) is 3. The summed E-state index contributed by atoms with van der Waals surface area (Å²) in [6.07, 6.45) is 0.0337. The van der Waals surface area contributed by atoms with Crippen LogP contribution in [-0.2, 0) is 9.53 Å². The summed E-state index contributed by atoms with van der Waals surface area (Å²) in [5.74, 6) is 0.104. The Balaban J connectivity index is 2.23. The molecule has 0 aromatic heterocycles. The predicted octanol–water partition coefficient (Wildman–Crippen LogP) is 1.45. The van der Waals surface area contributed by atoms with Gasteiger partial charge in [-0.05, 0) is 18.2 Å². The Bertz CT molecular complexity index is 480. The van der Waals surface area contributed by atoms with Crippen LogP contribution in [0, 0.1) is 5.92 Å². The fourth-order valence-corrected chi connectivity index (χ4v) is 1.88. The number of carbonyl (C=O) groups excluding carboxylic acids is 2. The third-order valence-electron chi connectivity index (χ3n) is 2.90. The minimum absolute atomic E-state index is 0.0337. The summed E-state index contributed by atoms with van der Waals surface area (Å²) in [5, 5.41) is 0. The SMILES string of the molecule is COC(=O)C[C@@H]1COc2ccc(OC)cc2C1=O. The summed E-state index contributed by atoms with van der Waals surface area (Å²) in [5.41, 5.74) is 0.453. The van der Waals surface area contributed by atoms with Gasteiger partial charge in [0.2, 0.25) is 0 Å². The highest BCUT2D eigenvalue weighted by Crippen LogP contribution is 2.31. The Morgan fingerprint density at radius 2 is 2.22 bits per heavy atom. The lowest BCUT2D eigenvalue weighted by Gasteiger charge is -2.23. The van der Waals surface area contributed by atoms with Gasteiger partial charge in [0.05, 0.1) is 38.7 Å². The predicted molar refractivity (Wildman–Crippen MR) is 62.9 cm³/mol. The molecule has 5 nitrogen and oxygen atoms in total. The number of rotatable bonds is 3. The van der Waals surface area contributed by atoms with Gasteiger partial charge >= 0.3 is 5.97 Å². The first-order valence-corrected chi connectivity index (χ1v) is 5.57. The second-order valence-electron chi connectivity index (χ2n) is 4.01. The standard InChI is InChI=1S/C13H14O5/c1-16-9-3-4-11-10(6-9)13(15)8(7-18-11)5-12(14)17-2/h3-4,6,8H,5,7H2,1-2H3/t8-/m1/s1. The van der Waals surface area contributed by atoms with E-state index in [9.17, 15) is 9.59 Å². The number of benzene rings is 1. The Labute approximate surface area is 105 Å². The van der Waals surface area contributed by atoms with E-state index in [0.29, 0.717) is 17.1 Å². The van der Waals surface area contributed by atoms with E-state index in [4.69, 9.17) is 9.47 Å². The Hall–Kier alpha value is -2.04. The van der Waals surface area contributed by atoms with Crippen molar-refractivity contribution in [2.24, 2.45) is 5.92 Å². The van der Waals surface area contributed by atoms with Crippen LogP contribution in [0.25, 0.3) is 0 Å². The van der Waals surface area contributed by atoms with Crippen molar-refractivity contribution in [2.45, 2.75) is 6.42 Å². The Morgan fingerprint density at radius 3 is 2.89 bits per heavy atom. The van der Waals surface area contributed by atoms with Crippen molar-refractivity contribution < 1.29 is 23.8 Å². The maximum Gasteiger partial charge on any atom is 0.306 e. The van der Waals surface area contributed by atoms with Crippen LogP contribution in [0.4, 0.5) is 0 Å². The van der Waals surface area contributed by atoms with E-state index in [1.165, 1.54) is 14.2 Å². The summed E-state index contributed by atoms with van der Waals surface area (Å²) in [4.78, 5) is 23.4. The van der Waals surface area contributed by atoms with Crippen molar-refractivity contribution in [2.75, 3.05) is 20.8 Å². The average molecular weight is 250 g/mol. The van der Waals surface area contributed by atoms with E-state index in [1.807, 2.05) is 0 Å². The van der Waals surface area contributed by atoms with E-state index in [-0.39, 0.29) is 18.8 Å². The highest BCUT2D eigenvalue weighted by atomic mass is 16.5. The topological polar surface area (TPSA) is 61.8 Å². The van der Waals surface area contributed by atoms with Gasteiger partial charge in [-0.2, -0.15) is 0 Å². The second-order valence-corrected chi connectivity index (χ2v) is 4.01. The Kier molecular flexibility index (Phi) is 3.50. The first-order valence-electron chi connectivity index (χ1n) is 5.57. The first kappa shape index (κ1) is 12.4. The van der Waals surface area contributed by atoms with Crippen LogP contribution in [-0.4, -0.2) is 32.6 Å². The van der Waals surface area contributed by atoms with Gasteiger partial charge in [-0.1, -0.05) is 0 Å². The lowest BCUT2D eigenvalue weighted by atomic mass is 9.92. The van der Waals surface area contributed by atoms with Crippen LogP contribution in [0.15, 0.2) is 18.2 Å². The molecule has 0 bridgehead atoms. The molecule has 0 radical (unpaired) electrons. The lowest BCUT2D eigenvalue weighted by molar-refractivity contribution is -0.141. The van der Waals surface area contributed by atoms with E-state index >= 15 is 0 Å². The van der Waals surface area contributed by atoms with Gasteiger partial charge in [0.25, 0.3) is 0 Å². The quantitative estimate of drug-likeness (QED) is 0.760. The summed E-state index contributed by atoms with van der Waals surface area (Å²) in [6.45, 7) is 0.202. The van der Waals surface area contributed by atoms with Crippen LogP contribution in [0.1, 0.15) is 16.8 Å². The highest BCUT2D eigenvalue weighted by molar-refractivity contribution is 6.03. The van der Waals surface area contributed by atoms with E-state index in [2.05, 4.69) is 4.74 Å². The lowest BCUT2D eigenvalue weighted by Crippen LogP contribution is -2.30. The molecule has 0 N–H and O–H groups in total. The van der Waals surface area contributed by atoms with Gasteiger partial charge in [-0.25, -0.2) is 0 Å². The van der Waals surface area contributed by atoms with Crippen LogP contribution < -0.4 is 9.47 Å². The molecule has 0 aliphatic carbocycles. The van der Waals surface area contributed by atoms with Crippen LogP contribution >= 0.6 is 0 Å². The first-order chi connectivity index (χ1) is 8.65. The molecule has 0 saturated carbocycles. The minimum Gasteiger partial charge on any atom is -0.497 e. The third kappa shape index (κ3) is 2.30. The van der Waals surface area contributed by atoms with Gasteiger partial charge in [0.1, 0.15) is 11.5 Å². The summed E-state index contributed by atoms with van der Waals surface area (Å²) in [7, 11) is 2.83. The van der Waals surface area contributed by atoms with E-state index < -0.39 is 11.9 Å². The summed E-state index contributed by atoms with van der Waals surface area (Å²) in [6, 6.07) is 5.05. The fraction of sp³-hybridized carbons (Fsp3) is 0.385. The maximum absolute atomic E-state index is 12.2. The largest absolute Gasteiger partial charge is 0.497 e.